The third kappa shape index (κ3) is 5.43. The summed E-state index contributed by atoms with van der Waals surface area (Å²) in [4.78, 5) is 11.1. The van der Waals surface area contributed by atoms with Gasteiger partial charge in [0.2, 0.25) is 5.91 Å². The molecule has 0 radical (unpaired) electrons. The minimum atomic E-state index is -4.54. The lowest BCUT2D eigenvalue weighted by atomic mass is 10.1. The number of rotatable bonds is 6. The van der Waals surface area contributed by atoms with Gasteiger partial charge in [-0.25, -0.2) is 8.42 Å². The Balaban J connectivity index is 2.01. The highest BCUT2D eigenvalue weighted by Crippen LogP contribution is 2.31. The van der Waals surface area contributed by atoms with Gasteiger partial charge in [-0.1, -0.05) is 30.3 Å². The van der Waals surface area contributed by atoms with E-state index >= 15 is 0 Å². The summed E-state index contributed by atoms with van der Waals surface area (Å²) in [6.45, 7) is 1.04. The van der Waals surface area contributed by atoms with Crippen LogP contribution in [-0.2, 0) is 27.5 Å². The van der Waals surface area contributed by atoms with E-state index in [2.05, 4.69) is 5.32 Å². The second-order valence-corrected chi connectivity index (χ2v) is 8.61. The van der Waals surface area contributed by atoms with Crippen molar-refractivity contribution in [2.24, 2.45) is 0 Å². The maximum absolute atomic E-state index is 13.4. The summed E-state index contributed by atoms with van der Waals surface area (Å²) >= 11 is 0. The Kier molecular flexibility index (Phi) is 6.35. The smallest absolute Gasteiger partial charge is 0.326 e. The molecule has 0 saturated heterocycles. The van der Waals surface area contributed by atoms with Crippen LogP contribution in [0.25, 0.3) is 0 Å². The minimum Gasteiger partial charge on any atom is -0.326 e. The molecule has 1 N–H and O–H groups in total. The molecule has 1 amide bonds. The fourth-order valence-electron chi connectivity index (χ4n) is 2.96. The van der Waals surface area contributed by atoms with Crippen molar-refractivity contribution in [2.75, 3.05) is 9.62 Å². The summed E-state index contributed by atoms with van der Waals surface area (Å²) in [5.41, 5.74) is 0.0774. The standard InChI is InChI=1S/C22H19F3N2O3S/c1-16(28)26-19-10-12-21(13-11-19)31(29,30)27(20-8-3-2-4-9-20)15-17-6-5-7-18(14-17)22(23,24)25/h2-14H,15H2,1H3,(H,26,28). The van der Waals surface area contributed by atoms with Gasteiger partial charge in [0.15, 0.2) is 0 Å². The van der Waals surface area contributed by atoms with Gasteiger partial charge in [0.05, 0.1) is 22.7 Å². The number of hydrogen-bond donors (Lipinski definition) is 1. The molecule has 9 heteroatoms. The molecule has 3 aromatic carbocycles. The lowest BCUT2D eigenvalue weighted by molar-refractivity contribution is -0.137. The Labute approximate surface area is 178 Å². The molecule has 0 heterocycles. The number of carbonyl (C=O) groups is 1. The summed E-state index contributed by atoms with van der Waals surface area (Å²) in [7, 11) is -4.11. The van der Waals surface area contributed by atoms with Gasteiger partial charge in [-0.3, -0.25) is 9.10 Å². The number of benzene rings is 3. The Bertz CT molecular complexity index is 1160. The van der Waals surface area contributed by atoms with Crippen LogP contribution in [0.5, 0.6) is 0 Å². The number of alkyl halides is 3. The van der Waals surface area contributed by atoms with Crippen molar-refractivity contribution >= 4 is 27.3 Å². The van der Waals surface area contributed by atoms with Gasteiger partial charge < -0.3 is 5.32 Å². The van der Waals surface area contributed by atoms with Crippen LogP contribution in [0.3, 0.4) is 0 Å². The van der Waals surface area contributed by atoms with Crippen LogP contribution in [0.1, 0.15) is 18.1 Å². The molecule has 0 aromatic heterocycles. The summed E-state index contributed by atoms with van der Waals surface area (Å²) in [6.07, 6.45) is -4.54. The molecule has 0 saturated carbocycles. The van der Waals surface area contributed by atoms with E-state index in [0.717, 1.165) is 16.4 Å². The molecule has 0 spiro atoms. The van der Waals surface area contributed by atoms with E-state index in [1.54, 1.807) is 30.3 Å². The average Bonchev–Trinajstić information content (AvgIpc) is 2.72. The zero-order valence-electron chi connectivity index (χ0n) is 16.4. The normalized spacial score (nSPS) is 11.7. The highest BCUT2D eigenvalue weighted by Gasteiger charge is 2.31. The second kappa shape index (κ2) is 8.81. The Hall–Kier alpha value is -3.33. The first kappa shape index (κ1) is 22.4. The summed E-state index contributed by atoms with van der Waals surface area (Å²) in [6, 6.07) is 18.3. The molecule has 3 aromatic rings. The maximum Gasteiger partial charge on any atom is 0.416 e. The fraction of sp³-hybridized carbons (Fsp3) is 0.136. The van der Waals surface area contributed by atoms with E-state index in [1.165, 1.54) is 43.3 Å². The molecule has 31 heavy (non-hydrogen) atoms. The van der Waals surface area contributed by atoms with E-state index in [9.17, 15) is 26.4 Å². The molecule has 0 aliphatic heterocycles. The van der Waals surface area contributed by atoms with Crippen molar-refractivity contribution < 1.29 is 26.4 Å². The van der Waals surface area contributed by atoms with E-state index in [4.69, 9.17) is 0 Å². The van der Waals surface area contributed by atoms with Gasteiger partial charge in [0, 0.05) is 12.6 Å². The van der Waals surface area contributed by atoms with Gasteiger partial charge in [0.1, 0.15) is 0 Å². The van der Waals surface area contributed by atoms with E-state index in [0.29, 0.717) is 11.4 Å². The van der Waals surface area contributed by atoms with E-state index < -0.39 is 21.8 Å². The van der Waals surface area contributed by atoms with Crippen LogP contribution in [0.2, 0.25) is 0 Å². The Morgan fingerprint density at radius 2 is 1.58 bits per heavy atom. The van der Waals surface area contributed by atoms with Gasteiger partial charge in [-0.2, -0.15) is 13.2 Å². The summed E-state index contributed by atoms with van der Waals surface area (Å²) in [5.74, 6) is -0.300. The quantitative estimate of drug-likeness (QED) is 0.573. The first-order valence-corrected chi connectivity index (χ1v) is 10.6. The van der Waals surface area contributed by atoms with Crippen molar-refractivity contribution in [1.82, 2.24) is 0 Å². The van der Waals surface area contributed by atoms with Gasteiger partial charge >= 0.3 is 6.18 Å². The Morgan fingerprint density at radius 1 is 0.935 bits per heavy atom. The molecule has 0 aliphatic carbocycles. The molecule has 0 unspecified atom stereocenters. The first-order chi connectivity index (χ1) is 14.6. The molecule has 0 atom stereocenters. The SMILES string of the molecule is CC(=O)Nc1ccc(S(=O)(=O)N(Cc2cccc(C(F)(F)F)c2)c2ccccc2)cc1. The minimum absolute atomic E-state index is 0.0579. The largest absolute Gasteiger partial charge is 0.416 e. The third-order valence-electron chi connectivity index (χ3n) is 4.39. The van der Waals surface area contributed by atoms with Crippen LogP contribution in [0, 0.1) is 0 Å². The number of nitrogens with zero attached hydrogens (tertiary/aromatic N) is 1. The zero-order valence-corrected chi connectivity index (χ0v) is 17.2. The summed E-state index contributed by atoms with van der Waals surface area (Å²) in [5, 5.41) is 2.55. The number of anilines is 2. The maximum atomic E-state index is 13.4. The topological polar surface area (TPSA) is 66.5 Å². The van der Waals surface area contributed by atoms with Gasteiger partial charge in [-0.05, 0) is 54.1 Å². The van der Waals surface area contributed by atoms with Gasteiger partial charge in [0.25, 0.3) is 10.0 Å². The van der Waals surface area contributed by atoms with E-state index in [1.807, 2.05) is 0 Å². The third-order valence-corrected chi connectivity index (χ3v) is 6.18. The zero-order chi connectivity index (χ0) is 22.6. The Morgan fingerprint density at radius 3 is 2.16 bits per heavy atom. The monoisotopic (exact) mass is 448 g/mol. The predicted octanol–water partition coefficient (Wildman–Crippen LogP) is 5.06. The lowest BCUT2D eigenvalue weighted by Gasteiger charge is -2.25. The van der Waals surface area contributed by atoms with Crippen LogP contribution in [0.15, 0.2) is 83.8 Å². The fourth-order valence-corrected chi connectivity index (χ4v) is 4.41. The average molecular weight is 448 g/mol. The van der Waals surface area contributed by atoms with Crippen molar-refractivity contribution in [1.29, 1.82) is 0 Å². The highest BCUT2D eigenvalue weighted by atomic mass is 32.2. The number of carbonyl (C=O) groups excluding carboxylic acids is 1. The van der Waals surface area contributed by atoms with Crippen LogP contribution in [-0.4, -0.2) is 14.3 Å². The van der Waals surface area contributed by atoms with Crippen molar-refractivity contribution in [2.45, 2.75) is 24.5 Å². The highest BCUT2D eigenvalue weighted by molar-refractivity contribution is 7.92. The summed E-state index contributed by atoms with van der Waals surface area (Å²) < 4.78 is 67.1. The molecule has 5 nitrogen and oxygen atoms in total. The van der Waals surface area contributed by atoms with Crippen LogP contribution in [0.4, 0.5) is 24.5 Å². The first-order valence-electron chi connectivity index (χ1n) is 9.19. The molecular formula is C22H19F3N2O3S. The molecule has 3 rings (SSSR count). The van der Waals surface area contributed by atoms with Gasteiger partial charge in [-0.15, -0.1) is 0 Å². The lowest BCUT2D eigenvalue weighted by Crippen LogP contribution is -2.30. The number of nitrogens with one attached hydrogen (secondary N) is 1. The molecule has 0 aliphatic rings. The van der Waals surface area contributed by atoms with Crippen LogP contribution >= 0.6 is 0 Å². The number of hydrogen-bond acceptors (Lipinski definition) is 3. The number of para-hydroxylation sites is 1. The second-order valence-electron chi connectivity index (χ2n) is 6.75. The van der Waals surface area contributed by atoms with Crippen molar-refractivity contribution in [3.63, 3.8) is 0 Å². The number of amides is 1. The van der Waals surface area contributed by atoms with E-state index in [-0.39, 0.29) is 22.9 Å². The molecule has 162 valence electrons. The molecular weight excluding hydrogens is 429 g/mol. The molecule has 0 bridgehead atoms. The molecule has 0 fully saturated rings. The predicted molar refractivity (Wildman–Crippen MR) is 112 cm³/mol. The van der Waals surface area contributed by atoms with Crippen LogP contribution < -0.4 is 9.62 Å². The van der Waals surface area contributed by atoms with Crippen molar-refractivity contribution in [3.8, 4) is 0 Å². The van der Waals surface area contributed by atoms with Crippen molar-refractivity contribution in [3.05, 3.63) is 90.0 Å². The number of halogens is 3. The number of sulfonamides is 1.